The minimum Gasteiger partial charge on any atom is -0.434 e. The number of rotatable bonds is 8. The van der Waals surface area contributed by atoms with Crippen molar-refractivity contribution in [3.8, 4) is 5.75 Å². The molecule has 0 aliphatic carbocycles. The summed E-state index contributed by atoms with van der Waals surface area (Å²) in [6.45, 7) is 1.65. The lowest BCUT2D eigenvalue weighted by atomic mass is 10.1. The Balaban J connectivity index is 1.90. The molecule has 1 aromatic carbocycles. The zero-order chi connectivity index (χ0) is 16.8. The maximum Gasteiger partial charge on any atom is 0.387 e. The highest BCUT2D eigenvalue weighted by atomic mass is 19.3. The Bertz CT molecular complexity index is 496. The van der Waals surface area contributed by atoms with E-state index >= 15 is 0 Å². The van der Waals surface area contributed by atoms with E-state index in [-0.39, 0.29) is 11.8 Å². The van der Waals surface area contributed by atoms with Crippen LogP contribution in [0.4, 0.5) is 13.2 Å². The molecule has 0 bridgehead atoms. The number of benzene rings is 1. The Morgan fingerprint density at radius 2 is 2.00 bits per heavy atom. The first-order valence-electron chi connectivity index (χ1n) is 7.83. The highest BCUT2D eigenvalue weighted by Gasteiger charge is 2.19. The van der Waals surface area contributed by atoms with Crippen LogP contribution in [0.2, 0.25) is 0 Å². The fraction of sp³-hybridized carbons (Fsp3) is 0.625. The van der Waals surface area contributed by atoms with Gasteiger partial charge in [0.1, 0.15) is 11.6 Å². The number of aliphatic hydroxyl groups excluding tert-OH is 1. The first kappa shape index (κ1) is 18.0. The van der Waals surface area contributed by atoms with Crippen molar-refractivity contribution in [2.45, 2.75) is 38.5 Å². The smallest absolute Gasteiger partial charge is 0.387 e. The fourth-order valence-corrected chi connectivity index (χ4v) is 2.81. The summed E-state index contributed by atoms with van der Waals surface area (Å²) in [6, 6.07) is 3.21. The summed E-state index contributed by atoms with van der Waals surface area (Å²) in [4.78, 5) is 2.19. The average Bonchev–Trinajstić information content (AvgIpc) is 2.97. The number of hydrogen-bond donors (Lipinski definition) is 2. The molecule has 2 rings (SSSR count). The van der Waals surface area contributed by atoms with Crippen LogP contribution in [-0.4, -0.2) is 48.9 Å². The number of nitrogens with zero attached hydrogens (tertiary/aromatic N) is 1. The number of halogens is 3. The van der Waals surface area contributed by atoms with E-state index in [0.29, 0.717) is 18.7 Å². The monoisotopic (exact) mass is 332 g/mol. The van der Waals surface area contributed by atoms with Gasteiger partial charge in [-0.15, -0.1) is 0 Å². The third kappa shape index (κ3) is 5.67. The Hall–Kier alpha value is -1.31. The van der Waals surface area contributed by atoms with Crippen molar-refractivity contribution < 1.29 is 23.0 Å². The van der Waals surface area contributed by atoms with E-state index in [1.165, 1.54) is 12.1 Å². The van der Waals surface area contributed by atoms with Gasteiger partial charge < -0.3 is 20.1 Å². The molecule has 0 saturated carbocycles. The van der Waals surface area contributed by atoms with Gasteiger partial charge in [-0.05, 0) is 38.9 Å². The van der Waals surface area contributed by atoms with Crippen LogP contribution in [0.1, 0.15) is 31.4 Å². The molecule has 2 N–H and O–H groups in total. The second-order valence-electron chi connectivity index (χ2n) is 5.85. The molecule has 0 aromatic heterocycles. The third-order valence-corrected chi connectivity index (χ3v) is 3.99. The molecule has 1 saturated heterocycles. The van der Waals surface area contributed by atoms with Gasteiger partial charge in [-0.2, -0.15) is 8.78 Å². The van der Waals surface area contributed by atoms with E-state index in [0.717, 1.165) is 32.0 Å². The molecule has 1 heterocycles. The largest absolute Gasteiger partial charge is 0.434 e. The van der Waals surface area contributed by atoms with Gasteiger partial charge in [-0.25, -0.2) is 4.39 Å². The predicted octanol–water partition coefficient (Wildman–Crippen LogP) is 2.53. The number of aliphatic hydroxyl groups is 1. The molecule has 130 valence electrons. The van der Waals surface area contributed by atoms with E-state index in [1.54, 1.807) is 6.92 Å². The van der Waals surface area contributed by atoms with Gasteiger partial charge in [0, 0.05) is 30.8 Å². The molecule has 1 fully saturated rings. The van der Waals surface area contributed by atoms with Crippen LogP contribution in [0.25, 0.3) is 0 Å². The van der Waals surface area contributed by atoms with Gasteiger partial charge in [0.25, 0.3) is 0 Å². The van der Waals surface area contributed by atoms with Crippen molar-refractivity contribution in [1.29, 1.82) is 0 Å². The van der Waals surface area contributed by atoms with Crippen LogP contribution in [0.5, 0.6) is 5.75 Å². The van der Waals surface area contributed by atoms with Crippen molar-refractivity contribution in [3.63, 3.8) is 0 Å². The first-order valence-corrected chi connectivity index (χ1v) is 7.83. The van der Waals surface area contributed by atoms with Gasteiger partial charge in [0.2, 0.25) is 0 Å². The summed E-state index contributed by atoms with van der Waals surface area (Å²) in [6.07, 6.45) is 1.76. The SMILES string of the molecule is CC(NCC(O)CN1CCCC1)c1ccc(F)cc1OC(F)F. The predicted molar refractivity (Wildman–Crippen MR) is 81.1 cm³/mol. The number of alkyl halides is 2. The van der Waals surface area contributed by atoms with Gasteiger partial charge in [0.15, 0.2) is 0 Å². The van der Waals surface area contributed by atoms with E-state index in [9.17, 15) is 18.3 Å². The maximum absolute atomic E-state index is 13.2. The molecule has 1 aliphatic rings. The van der Waals surface area contributed by atoms with Gasteiger partial charge in [0.05, 0.1) is 6.10 Å². The second-order valence-corrected chi connectivity index (χ2v) is 5.85. The topological polar surface area (TPSA) is 44.7 Å². The van der Waals surface area contributed by atoms with Crippen LogP contribution in [0.3, 0.4) is 0 Å². The molecular formula is C16H23F3N2O2. The molecule has 2 unspecified atom stereocenters. The molecule has 1 aromatic rings. The summed E-state index contributed by atoms with van der Waals surface area (Å²) in [5.74, 6) is -0.820. The van der Waals surface area contributed by atoms with Crippen LogP contribution in [-0.2, 0) is 0 Å². The molecule has 0 amide bonds. The number of β-amino-alcohol motifs (C(OH)–C–C–N with tert-alkyl or cyclic N) is 1. The van der Waals surface area contributed by atoms with Gasteiger partial charge >= 0.3 is 6.61 Å². The van der Waals surface area contributed by atoms with Crippen molar-refractivity contribution in [1.82, 2.24) is 10.2 Å². The zero-order valence-electron chi connectivity index (χ0n) is 13.1. The lowest BCUT2D eigenvalue weighted by Crippen LogP contribution is -2.37. The Morgan fingerprint density at radius 3 is 2.65 bits per heavy atom. The summed E-state index contributed by atoms with van der Waals surface area (Å²) in [5.41, 5.74) is 0.431. The van der Waals surface area contributed by atoms with Gasteiger partial charge in [-0.1, -0.05) is 6.07 Å². The van der Waals surface area contributed by atoms with Crippen molar-refractivity contribution in [3.05, 3.63) is 29.6 Å². The summed E-state index contributed by atoms with van der Waals surface area (Å²) in [7, 11) is 0. The highest BCUT2D eigenvalue weighted by molar-refractivity contribution is 5.36. The zero-order valence-corrected chi connectivity index (χ0v) is 13.1. The Kier molecular flexibility index (Phi) is 6.68. The minimum absolute atomic E-state index is 0.186. The lowest BCUT2D eigenvalue weighted by Gasteiger charge is -2.23. The third-order valence-electron chi connectivity index (χ3n) is 3.99. The second kappa shape index (κ2) is 8.52. The molecule has 0 spiro atoms. The summed E-state index contributed by atoms with van der Waals surface area (Å²) < 4.78 is 42.4. The Morgan fingerprint density at radius 1 is 1.30 bits per heavy atom. The number of hydrogen-bond acceptors (Lipinski definition) is 4. The number of ether oxygens (including phenoxy) is 1. The van der Waals surface area contributed by atoms with Crippen LogP contribution in [0, 0.1) is 5.82 Å². The maximum atomic E-state index is 13.2. The molecule has 1 aliphatic heterocycles. The minimum atomic E-state index is -3.01. The molecule has 2 atom stereocenters. The van der Waals surface area contributed by atoms with Crippen molar-refractivity contribution in [2.24, 2.45) is 0 Å². The van der Waals surface area contributed by atoms with Crippen molar-refractivity contribution >= 4 is 0 Å². The lowest BCUT2D eigenvalue weighted by molar-refractivity contribution is -0.0508. The molecule has 0 radical (unpaired) electrons. The first-order chi connectivity index (χ1) is 11.0. The Labute approximate surface area is 134 Å². The van der Waals surface area contributed by atoms with E-state index in [2.05, 4.69) is 15.0 Å². The van der Waals surface area contributed by atoms with Crippen LogP contribution < -0.4 is 10.1 Å². The molecule has 23 heavy (non-hydrogen) atoms. The standard InChI is InChI=1S/C16H23F3N2O2/c1-11(20-9-13(22)10-21-6-2-3-7-21)14-5-4-12(17)8-15(14)23-16(18)19/h4-5,8,11,13,16,20,22H,2-3,6-7,9-10H2,1H3. The van der Waals surface area contributed by atoms with E-state index in [1.807, 2.05) is 0 Å². The van der Waals surface area contributed by atoms with Crippen LogP contribution >= 0.6 is 0 Å². The summed E-state index contributed by atoms with van der Waals surface area (Å²) >= 11 is 0. The fourth-order valence-electron chi connectivity index (χ4n) is 2.81. The number of likely N-dealkylation sites (tertiary alicyclic amines) is 1. The quantitative estimate of drug-likeness (QED) is 0.768. The van der Waals surface area contributed by atoms with E-state index in [4.69, 9.17) is 0 Å². The molecular weight excluding hydrogens is 309 g/mol. The average molecular weight is 332 g/mol. The molecule has 4 nitrogen and oxygen atoms in total. The molecule has 7 heteroatoms. The van der Waals surface area contributed by atoms with Crippen LogP contribution in [0.15, 0.2) is 18.2 Å². The normalized spacial score (nSPS) is 18.3. The van der Waals surface area contributed by atoms with Crippen molar-refractivity contribution in [2.75, 3.05) is 26.2 Å². The highest BCUT2D eigenvalue weighted by Crippen LogP contribution is 2.27. The van der Waals surface area contributed by atoms with Gasteiger partial charge in [-0.3, -0.25) is 0 Å². The number of nitrogens with one attached hydrogen (secondary N) is 1. The summed E-state index contributed by atoms with van der Waals surface area (Å²) in [5, 5.41) is 13.1. The van der Waals surface area contributed by atoms with E-state index < -0.39 is 18.5 Å².